The van der Waals surface area contributed by atoms with Gasteiger partial charge in [-0.3, -0.25) is 9.11 Å². The molecule has 0 amide bonds. The molecule has 3 heterocycles. The van der Waals surface area contributed by atoms with Crippen LogP contribution in [0.5, 0.6) is 0 Å². The lowest BCUT2D eigenvalue weighted by atomic mass is 9.75. The second-order valence-electron chi connectivity index (χ2n) is 18.3. The minimum atomic E-state index is -4.35. The van der Waals surface area contributed by atoms with Gasteiger partial charge in [-0.05, 0) is 96.9 Å². The van der Waals surface area contributed by atoms with Crippen molar-refractivity contribution in [2.45, 2.75) is 87.5 Å². The van der Waals surface area contributed by atoms with Gasteiger partial charge in [-0.15, -0.1) is 0 Å². The SMILES string of the molecule is C/C=C\c1ccc2c(c1C)C(CO)(CO)C(/C=C/C1=C(OCC3OC(O)C(O)C(O)C3O)C(=C/C=C3/N(CCCS(=O)(=O)O)c4ccc5ccccc5c4C3(CO)CO)/CCC1)=[N+]2CCCS(=O)(=O)O. The van der Waals surface area contributed by atoms with Crippen molar-refractivity contribution in [1.29, 1.82) is 0 Å². The van der Waals surface area contributed by atoms with Crippen LogP contribution in [-0.2, 0) is 40.5 Å². The van der Waals surface area contributed by atoms with Gasteiger partial charge in [0.2, 0.25) is 5.69 Å². The van der Waals surface area contributed by atoms with E-state index in [-0.39, 0.29) is 31.7 Å². The number of aliphatic hydroxyl groups excluding tert-OH is 8. The van der Waals surface area contributed by atoms with Crippen LogP contribution in [-0.4, -0.2) is 165 Å². The Morgan fingerprint density at radius 2 is 1.47 bits per heavy atom. The third-order valence-corrected chi connectivity index (χ3v) is 15.5. The molecule has 0 spiro atoms. The molecule has 1 aliphatic carbocycles. The van der Waals surface area contributed by atoms with Crippen LogP contribution in [0, 0.1) is 6.92 Å². The molecule has 70 heavy (non-hydrogen) atoms. The lowest BCUT2D eigenvalue weighted by Gasteiger charge is -2.38. The summed E-state index contributed by atoms with van der Waals surface area (Å²) >= 11 is 0. The number of nitrogens with zero attached hydrogens (tertiary/aromatic N) is 2. The van der Waals surface area contributed by atoms with E-state index in [0.29, 0.717) is 64.3 Å². The molecule has 3 aromatic carbocycles. The van der Waals surface area contributed by atoms with E-state index in [4.69, 9.17) is 9.47 Å². The molecule has 5 atom stereocenters. The van der Waals surface area contributed by atoms with Gasteiger partial charge in [-0.2, -0.15) is 21.4 Å². The Morgan fingerprint density at radius 3 is 2.14 bits per heavy atom. The Morgan fingerprint density at radius 1 is 0.786 bits per heavy atom. The molecule has 20 heteroatoms. The fourth-order valence-corrected chi connectivity index (χ4v) is 11.4. The predicted octanol–water partition coefficient (Wildman–Crippen LogP) is 2.42. The van der Waals surface area contributed by atoms with E-state index in [2.05, 4.69) is 0 Å². The Bertz CT molecular complexity index is 2860. The summed E-state index contributed by atoms with van der Waals surface area (Å²) in [6.07, 6.45) is 3.55. The van der Waals surface area contributed by atoms with E-state index >= 15 is 0 Å². The van der Waals surface area contributed by atoms with Crippen molar-refractivity contribution in [2.24, 2.45) is 0 Å². The molecule has 1 saturated heterocycles. The number of fused-ring (bicyclic) bond motifs is 4. The van der Waals surface area contributed by atoms with Gasteiger partial charge < -0.3 is 55.2 Å². The van der Waals surface area contributed by atoms with Crippen molar-refractivity contribution >= 4 is 54.2 Å². The Balaban J connectivity index is 1.40. The van der Waals surface area contributed by atoms with Crippen LogP contribution in [0.3, 0.4) is 0 Å². The summed E-state index contributed by atoms with van der Waals surface area (Å²) < 4.78 is 80.6. The normalized spacial score (nSPS) is 24.8. The number of hydrogen-bond donors (Lipinski definition) is 10. The second kappa shape index (κ2) is 21.6. The van der Waals surface area contributed by atoms with E-state index in [1.165, 1.54) is 0 Å². The summed E-state index contributed by atoms with van der Waals surface area (Å²) in [5.41, 5.74) is 3.28. The Labute approximate surface area is 407 Å². The van der Waals surface area contributed by atoms with E-state index in [9.17, 15) is 66.8 Å². The first-order valence-corrected chi connectivity index (χ1v) is 26.4. The van der Waals surface area contributed by atoms with Crippen LogP contribution in [0.4, 0.5) is 11.4 Å². The predicted molar refractivity (Wildman–Crippen MR) is 262 cm³/mol. The smallest absolute Gasteiger partial charge is 0.265 e. The molecule has 0 radical (unpaired) electrons. The maximum atomic E-state index is 11.9. The zero-order chi connectivity index (χ0) is 50.8. The molecule has 3 aromatic rings. The second-order valence-corrected chi connectivity index (χ2v) is 21.4. The van der Waals surface area contributed by atoms with Crippen molar-refractivity contribution in [3.8, 4) is 0 Å². The lowest BCUT2D eigenvalue weighted by molar-refractivity contribution is -0.437. The first-order chi connectivity index (χ1) is 33.3. The van der Waals surface area contributed by atoms with Gasteiger partial charge in [0.05, 0.1) is 43.3 Å². The van der Waals surface area contributed by atoms with Crippen molar-refractivity contribution in [1.82, 2.24) is 0 Å². The van der Waals surface area contributed by atoms with Crippen LogP contribution < -0.4 is 4.90 Å². The number of aliphatic hydroxyl groups is 8. The van der Waals surface area contributed by atoms with Gasteiger partial charge in [0, 0.05) is 47.6 Å². The van der Waals surface area contributed by atoms with Crippen molar-refractivity contribution in [2.75, 3.05) is 62.5 Å². The molecule has 18 nitrogen and oxygen atoms in total. The average Bonchev–Trinajstić information content (AvgIpc) is 3.76. The molecule has 0 saturated carbocycles. The van der Waals surface area contributed by atoms with Gasteiger partial charge in [-0.25, -0.2) is 0 Å². The Hall–Kier alpha value is -4.65. The average molecular weight is 1010 g/mol. The van der Waals surface area contributed by atoms with E-state index < -0.39 is 106 Å². The number of benzene rings is 3. The number of allylic oxidation sites excluding steroid dienone is 7. The molecule has 380 valence electrons. The number of anilines is 1. The van der Waals surface area contributed by atoms with E-state index in [1.807, 2.05) is 84.0 Å². The molecular weight excluding hydrogens is 949 g/mol. The van der Waals surface area contributed by atoms with Gasteiger partial charge >= 0.3 is 0 Å². The number of hydrogen-bond acceptors (Lipinski definition) is 15. The summed E-state index contributed by atoms with van der Waals surface area (Å²) in [6, 6.07) is 14.9. The molecular formula is C50H63N2O16S2+. The van der Waals surface area contributed by atoms with Crippen LogP contribution in [0.1, 0.15) is 61.3 Å². The highest BCUT2D eigenvalue weighted by molar-refractivity contribution is 7.86. The summed E-state index contributed by atoms with van der Waals surface area (Å²) in [4.78, 5) is 1.81. The molecule has 3 aliphatic heterocycles. The molecule has 5 unspecified atom stereocenters. The quantitative estimate of drug-likeness (QED) is 0.0609. The first kappa shape index (κ1) is 53.2. The lowest BCUT2D eigenvalue weighted by Crippen LogP contribution is -2.58. The van der Waals surface area contributed by atoms with Crippen LogP contribution in [0.15, 0.2) is 102 Å². The summed E-state index contributed by atoms with van der Waals surface area (Å²) in [6.45, 7) is 1.24. The molecule has 1 fully saturated rings. The van der Waals surface area contributed by atoms with Crippen molar-refractivity contribution in [3.05, 3.63) is 124 Å². The monoisotopic (exact) mass is 1010 g/mol. The molecule has 0 aromatic heterocycles. The highest BCUT2D eigenvalue weighted by atomic mass is 32.2. The molecule has 0 bridgehead atoms. The number of rotatable bonds is 19. The minimum absolute atomic E-state index is 0.0113. The standard InChI is InChI=1S/C50H62N2O16S2/c1-3-9-32-14-18-37-42(31(32)2)49(27-53,28-54)40(51(37)22-7-24-69(61,62)63)20-16-34-11-6-12-35(47(34)67-26-39-44(57)45(58)46(59)48(60)68-39)17-21-41-50(29-55,30-56)43-36-13-5-4-10-33(36)15-19-38(43)52(41)23-8-25-70(64,65)66/h3-5,9-10,13-21,39,44-46,48,53-60H,6-8,11-12,22-30H2,1-2H3,(H-,61,62,63,64,65,66)/p+1/b9-3-. The third-order valence-electron chi connectivity index (χ3n) is 13.9. The zero-order valence-corrected chi connectivity index (χ0v) is 40.6. The van der Waals surface area contributed by atoms with Gasteiger partial charge in [0.1, 0.15) is 48.7 Å². The van der Waals surface area contributed by atoms with Gasteiger partial charge in [0.25, 0.3) is 20.2 Å². The topological polar surface area (TPSA) is 295 Å². The maximum absolute atomic E-state index is 11.9. The van der Waals surface area contributed by atoms with Crippen LogP contribution in [0.2, 0.25) is 0 Å². The summed E-state index contributed by atoms with van der Waals surface area (Å²) in [7, 11) is -8.69. The van der Waals surface area contributed by atoms with Crippen molar-refractivity contribution < 1.29 is 80.8 Å². The minimum Gasteiger partial charge on any atom is -0.490 e. The summed E-state index contributed by atoms with van der Waals surface area (Å²) in [5, 5.41) is 88.8. The van der Waals surface area contributed by atoms with Crippen LogP contribution in [0.25, 0.3) is 16.8 Å². The molecule has 7 rings (SSSR count). The van der Waals surface area contributed by atoms with Gasteiger partial charge in [-0.1, -0.05) is 48.6 Å². The van der Waals surface area contributed by atoms with Crippen molar-refractivity contribution in [3.63, 3.8) is 0 Å². The van der Waals surface area contributed by atoms with E-state index in [1.54, 1.807) is 24.3 Å². The fraction of sp³-hybridized carbons (Fsp3) is 0.460. The third kappa shape index (κ3) is 10.3. The van der Waals surface area contributed by atoms with Crippen LogP contribution >= 0.6 is 0 Å². The highest BCUT2D eigenvalue weighted by Gasteiger charge is 2.52. The fourth-order valence-electron chi connectivity index (χ4n) is 10.5. The number of ether oxygens (including phenoxy) is 2. The first-order valence-electron chi connectivity index (χ1n) is 23.2. The zero-order valence-electron chi connectivity index (χ0n) is 39.0. The largest absolute Gasteiger partial charge is 0.490 e. The van der Waals surface area contributed by atoms with Gasteiger partial charge in [0.15, 0.2) is 12.0 Å². The molecule has 4 aliphatic rings. The maximum Gasteiger partial charge on any atom is 0.265 e. The van der Waals surface area contributed by atoms with E-state index in [0.717, 1.165) is 21.9 Å². The summed E-state index contributed by atoms with van der Waals surface area (Å²) in [5.74, 6) is -0.835. The molecule has 10 N–H and O–H groups in total. The Kier molecular flexibility index (Phi) is 16.4. The highest BCUT2D eigenvalue weighted by Crippen LogP contribution is 2.51.